The van der Waals surface area contributed by atoms with E-state index in [1.165, 1.54) is 12.1 Å². The molecule has 0 saturated carbocycles. The van der Waals surface area contributed by atoms with Crippen LogP contribution in [0.1, 0.15) is 26.3 Å². The Labute approximate surface area is 161 Å². The van der Waals surface area contributed by atoms with Crippen LogP contribution in [0.25, 0.3) is 0 Å². The van der Waals surface area contributed by atoms with Crippen LogP contribution in [0.3, 0.4) is 0 Å². The second kappa shape index (κ2) is 8.47. The molecule has 0 saturated heterocycles. The first-order valence-corrected chi connectivity index (χ1v) is 8.59. The molecule has 136 valence electrons. The second-order valence-electron chi connectivity index (χ2n) is 5.82. The molecule has 3 aromatic carbocycles. The molecule has 6 heteroatoms. The van der Waals surface area contributed by atoms with Gasteiger partial charge < -0.3 is 10.6 Å². The maximum absolute atomic E-state index is 12.9. The number of rotatable bonds is 5. The van der Waals surface area contributed by atoms with Crippen LogP contribution in [-0.4, -0.2) is 11.8 Å². The molecule has 0 heterocycles. The number of para-hydroxylation sites is 1. The average molecular weight is 383 g/mol. The van der Waals surface area contributed by atoms with Gasteiger partial charge in [-0.25, -0.2) is 4.39 Å². The van der Waals surface area contributed by atoms with Crippen LogP contribution in [0.15, 0.2) is 72.8 Å². The number of hydrogen-bond acceptors (Lipinski definition) is 2. The maximum atomic E-state index is 12.9. The van der Waals surface area contributed by atoms with Crippen molar-refractivity contribution in [2.24, 2.45) is 0 Å². The van der Waals surface area contributed by atoms with E-state index in [0.29, 0.717) is 21.8 Å². The SMILES string of the molecule is O=C(NCc1ccc(F)cc1)c1ccc(C(=O)Nc2ccccc2Cl)cc1. The van der Waals surface area contributed by atoms with E-state index in [2.05, 4.69) is 10.6 Å². The molecule has 0 spiro atoms. The van der Waals surface area contributed by atoms with Crippen molar-refractivity contribution in [1.29, 1.82) is 0 Å². The molecular weight excluding hydrogens is 367 g/mol. The predicted molar refractivity (Wildman–Crippen MR) is 103 cm³/mol. The van der Waals surface area contributed by atoms with Gasteiger partial charge >= 0.3 is 0 Å². The molecule has 27 heavy (non-hydrogen) atoms. The van der Waals surface area contributed by atoms with Crippen LogP contribution in [0.4, 0.5) is 10.1 Å². The minimum Gasteiger partial charge on any atom is -0.348 e. The number of anilines is 1. The second-order valence-corrected chi connectivity index (χ2v) is 6.23. The summed E-state index contributed by atoms with van der Waals surface area (Å²) in [7, 11) is 0. The number of nitrogens with one attached hydrogen (secondary N) is 2. The molecule has 0 aliphatic rings. The van der Waals surface area contributed by atoms with E-state index in [4.69, 9.17) is 11.6 Å². The Kier molecular flexibility index (Phi) is 5.84. The molecule has 0 radical (unpaired) electrons. The summed E-state index contributed by atoms with van der Waals surface area (Å²) < 4.78 is 12.9. The normalized spacial score (nSPS) is 10.3. The number of benzene rings is 3. The summed E-state index contributed by atoms with van der Waals surface area (Å²) in [4.78, 5) is 24.5. The molecule has 0 bridgehead atoms. The van der Waals surface area contributed by atoms with E-state index < -0.39 is 0 Å². The predicted octanol–water partition coefficient (Wildman–Crippen LogP) is 4.66. The molecule has 2 N–H and O–H groups in total. The lowest BCUT2D eigenvalue weighted by molar-refractivity contribution is 0.0949. The smallest absolute Gasteiger partial charge is 0.255 e. The van der Waals surface area contributed by atoms with Crippen molar-refractivity contribution in [3.8, 4) is 0 Å². The van der Waals surface area contributed by atoms with Crippen molar-refractivity contribution in [3.05, 3.63) is 100 Å². The summed E-state index contributed by atoms with van der Waals surface area (Å²) >= 11 is 6.03. The average Bonchev–Trinajstić information content (AvgIpc) is 2.69. The summed E-state index contributed by atoms with van der Waals surface area (Å²) in [5.74, 6) is -0.922. The van der Waals surface area contributed by atoms with E-state index in [1.807, 2.05) is 0 Å². The van der Waals surface area contributed by atoms with Crippen molar-refractivity contribution in [3.63, 3.8) is 0 Å². The lowest BCUT2D eigenvalue weighted by Crippen LogP contribution is -2.23. The first kappa shape index (κ1) is 18.6. The highest BCUT2D eigenvalue weighted by Crippen LogP contribution is 2.21. The lowest BCUT2D eigenvalue weighted by Gasteiger charge is -2.08. The molecule has 4 nitrogen and oxygen atoms in total. The van der Waals surface area contributed by atoms with Gasteiger partial charge in [-0.3, -0.25) is 9.59 Å². The first-order chi connectivity index (χ1) is 13.0. The van der Waals surface area contributed by atoms with Gasteiger partial charge in [0.25, 0.3) is 11.8 Å². The summed E-state index contributed by atoms with van der Waals surface area (Å²) in [6.07, 6.45) is 0. The van der Waals surface area contributed by atoms with Crippen molar-refractivity contribution < 1.29 is 14.0 Å². The Morgan fingerprint density at radius 1 is 0.815 bits per heavy atom. The fourth-order valence-electron chi connectivity index (χ4n) is 2.42. The number of carbonyl (C=O) groups excluding carboxylic acids is 2. The zero-order valence-corrected chi connectivity index (χ0v) is 15.0. The van der Waals surface area contributed by atoms with Crippen LogP contribution in [0.2, 0.25) is 5.02 Å². The van der Waals surface area contributed by atoms with Gasteiger partial charge in [-0.15, -0.1) is 0 Å². The van der Waals surface area contributed by atoms with E-state index in [9.17, 15) is 14.0 Å². The largest absolute Gasteiger partial charge is 0.348 e. The first-order valence-electron chi connectivity index (χ1n) is 8.21. The van der Waals surface area contributed by atoms with Gasteiger partial charge in [-0.05, 0) is 54.1 Å². The zero-order valence-electron chi connectivity index (χ0n) is 14.2. The highest BCUT2D eigenvalue weighted by atomic mass is 35.5. The number of hydrogen-bond donors (Lipinski definition) is 2. The van der Waals surface area contributed by atoms with Crippen molar-refractivity contribution in [2.45, 2.75) is 6.54 Å². The quantitative estimate of drug-likeness (QED) is 0.674. The van der Waals surface area contributed by atoms with Gasteiger partial charge in [0.2, 0.25) is 0 Å². The van der Waals surface area contributed by atoms with Gasteiger partial charge in [0.05, 0.1) is 10.7 Å². The van der Waals surface area contributed by atoms with E-state index in [0.717, 1.165) is 5.56 Å². The Morgan fingerprint density at radius 2 is 1.41 bits per heavy atom. The molecule has 3 rings (SSSR count). The zero-order chi connectivity index (χ0) is 19.2. The minimum atomic E-state index is -0.323. The summed E-state index contributed by atoms with van der Waals surface area (Å²) in [6.45, 7) is 0.286. The number of halogens is 2. The summed E-state index contributed by atoms with van der Waals surface area (Å²) in [5.41, 5.74) is 2.14. The topological polar surface area (TPSA) is 58.2 Å². The van der Waals surface area contributed by atoms with E-state index in [-0.39, 0.29) is 24.2 Å². The Morgan fingerprint density at radius 3 is 2.04 bits per heavy atom. The van der Waals surface area contributed by atoms with Gasteiger partial charge in [0, 0.05) is 17.7 Å². The molecule has 0 aliphatic heterocycles. The molecule has 0 fully saturated rings. The third-order valence-electron chi connectivity index (χ3n) is 3.90. The summed E-state index contributed by atoms with van der Waals surface area (Å²) in [5, 5.41) is 5.92. The van der Waals surface area contributed by atoms with Gasteiger partial charge in [0.1, 0.15) is 5.82 Å². The standard InChI is InChI=1S/C21H16ClFN2O2/c22-18-3-1-2-4-19(18)25-21(27)16-9-7-15(8-10-16)20(26)24-13-14-5-11-17(23)12-6-14/h1-12H,13H2,(H,24,26)(H,25,27). The van der Waals surface area contributed by atoms with E-state index >= 15 is 0 Å². The molecular formula is C21H16ClFN2O2. The molecule has 2 amide bonds. The van der Waals surface area contributed by atoms with Crippen LogP contribution >= 0.6 is 11.6 Å². The lowest BCUT2D eigenvalue weighted by atomic mass is 10.1. The molecule has 3 aromatic rings. The van der Waals surface area contributed by atoms with Crippen molar-refractivity contribution in [1.82, 2.24) is 5.32 Å². The highest BCUT2D eigenvalue weighted by molar-refractivity contribution is 6.33. The maximum Gasteiger partial charge on any atom is 0.255 e. The monoisotopic (exact) mass is 382 g/mol. The number of amides is 2. The van der Waals surface area contributed by atoms with Crippen LogP contribution < -0.4 is 10.6 Å². The van der Waals surface area contributed by atoms with Crippen LogP contribution in [-0.2, 0) is 6.54 Å². The Bertz CT molecular complexity index is 957. The van der Waals surface area contributed by atoms with Gasteiger partial charge in [-0.1, -0.05) is 35.9 Å². The third-order valence-corrected chi connectivity index (χ3v) is 4.23. The molecule has 0 aliphatic carbocycles. The minimum absolute atomic E-state index is 0.280. The van der Waals surface area contributed by atoms with Crippen LogP contribution in [0.5, 0.6) is 0 Å². The van der Waals surface area contributed by atoms with Crippen molar-refractivity contribution >= 4 is 29.1 Å². The Hall–Kier alpha value is -3.18. The third kappa shape index (κ3) is 4.92. The molecule has 0 atom stereocenters. The highest BCUT2D eigenvalue weighted by Gasteiger charge is 2.10. The fourth-order valence-corrected chi connectivity index (χ4v) is 2.60. The van der Waals surface area contributed by atoms with E-state index in [1.54, 1.807) is 60.7 Å². The molecule has 0 unspecified atom stereocenters. The van der Waals surface area contributed by atoms with Gasteiger partial charge in [-0.2, -0.15) is 0 Å². The molecule has 0 aromatic heterocycles. The Balaban J connectivity index is 1.60. The van der Waals surface area contributed by atoms with Gasteiger partial charge in [0.15, 0.2) is 0 Å². The summed E-state index contributed by atoms with van der Waals surface area (Å²) in [6, 6.07) is 19.1. The van der Waals surface area contributed by atoms with Crippen LogP contribution in [0, 0.1) is 5.82 Å². The fraction of sp³-hybridized carbons (Fsp3) is 0.0476. The van der Waals surface area contributed by atoms with Crippen molar-refractivity contribution in [2.75, 3.05) is 5.32 Å². The number of carbonyl (C=O) groups is 2.